The Bertz CT molecular complexity index is 384. The zero-order valence-electron chi connectivity index (χ0n) is 7.49. The molecule has 0 fully saturated rings. The van der Waals surface area contributed by atoms with Gasteiger partial charge in [-0.25, -0.2) is 4.79 Å². The van der Waals surface area contributed by atoms with Crippen LogP contribution in [0.5, 0.6) is 0 Å². The van der Waals surface area contributed by atoms with Crippen LogP contribution in [0.3, 0.4) is 0 Å². The molecule has 0 bridgehead atoms. The van der Waals surface area contributed by atoms with Gasteiger partial charge in [0.1, 0.15) is 12.3 Å². The van der Waals surface area contributed by atoms with Crippen molar-refractivity contribution < 1.29 is 9.53 Å². The van der Waals surface area contributed by atoms with E-state index in [1.807, 2.05) is 30.3 Å². The van der Waals surface area contributed by atoms with Gasteiger partial charge in [0.15, 0.2) is 0 Å². The Balaban J connectivity index is 2.17. The predicted molar refractivity (Wildman–Crippen MR) is 52.2 cm³/mol. The van der Waals surface area contributed by atoms with E-state index in [9.17, 15) is 4.79 Å². The van der Waals surface area contributed by atoms with Crippen LogP contribution in [0.2, 0.25) is 0 Å². The molecule has 0 saturated carbocycles. The summed E-state index contributed by atoms with van der Waals surface area (Å²) < 4.78 is 4.75. The molecule has 0 atom stereocenters. The number of hydrogen-bond donors (Lipinski definition) is 2. The zero-order valence-corrected chi connectivity index (χ0v) is 7.49. The van der Waals surface area contributed by atoms with Crippen LogP contribution in [0.4, 0.5) is 5.69 Å². The Hall–Kier alpha value is -1.97. The highest BCUT2D eigenvalue weighted by Gasteiger charge is 2.21. The maximum atomic E-state index is 10.9. The molecule has 1 aromatic rings. The number of para-hydroxylation sites is 1. The summed E-state index contributed by atoms with van der Waals surface area (Å²) in [4.78, 5) is 10.9. The second kappa shape index (κ2) is 3.41. The third-order valence-corrected chi connectivity index (χ3v) is 1.96. The number of carbonyl (C=O) groups is 1. The number of esters is 1. The molecule has 4 heteroatoms. The van der Waals surface area contributed by atoms with Crippen LogP contribution in [0.1, 0.15) is 0 Å². The fraction of sp³-hybridized carbons (Fsp3) is 0.100. The molecule has 3 N–H and O–H groups in total. The van der Waals surface area contributed by atoms with Crippen molar-refractivity contribution in [2.45, 2.75) is 0 Å². The van der Waals surface area contributed by atoms with Gasteiger partial charge in [-0.1, -0.05) is 18.2 Å². The molecule has 0 spiro atoms. The van der Waals surface area contributed by atoms with Crippen molar-refractivity contribution in [2.75, 3.05) is 11.9 Å². The molecule has 1 aliphatic rings. The highest BCUT2D eigenvalue weighted by molar-refractivity contribution is 5.91. The highest BCUT2D eigenvalue weighted by atomic mass is 16.5. The van der Waals surface area contributed by atoms with E-state index in [4.69, 9.17) is 10.5 Å². The van der Waals surface area contributed by atoms with Crippen LogP contribution in [0, 0.1) is 0 Å². The minimum absolute atomic E-state index is 0.161. The lowest BCUT2D eigenvalue weighted by Gasteiger charge is -2.05. The first-order valence-corrected chi connectivity index (χ1v) is 4.25. The summed E-state index contributed by atoms with van der Waals surface area (Å²) in [6.07, 6.45) is 0. The Kier molecular flexibility index (Phi) is 2.10. The third kappa shape index (κ3) is 1.54. The molecule has 72 valence electrons. The van der Waals surface area contributed by atoms with Gasteiger partial charge in [-0.2, -0.15) is 0 Å². The summed E-state index contributed by atoms with van der Waals surface area (Å²) in [7, 11) is 0. The number of nitrogens with two attached hydrogens (primary N) is 1. The van der Waals surface area contributed by atoms with Crippen LogP contribution < -0.4 is 11.1 Å². The summed E-state index contributed by atoms with van der Waals surface area (Å²) in [5.41, 5.74) is 7.19. The lowest BCUT2D eigenvalue weighted by molar-refractivity contribution is -0.136. The van der Waals surface area contributed by atoms with Gasteiger partial charge in [0, 0.05) is 5.69 Å². The van der Waals surface area contributed by atoms with Crippen LogP contribution in [-0.4, -0.2) is 12.6 Å². The average molecular weight is 190 g/mol. The average Bonchev–Trinajstić information content (AvgIpc) is 2.52. The van der Waals surface area contributed by atoms with Crippen LogP contribution in [-0.2, 0) is 9.53 Å². The molecule has 2 rings (SSSR count). The normalized spacial score (nSPS) is 15.6. The van der Waals surface area contributed by atoms with Crippen LogP contribution in [0.25, 0.3) is 0 Å². The number of ether oxygens (including phenoxy) is 1. The molecule has 0 amide bonds. The molecule has 1 heterocycles. The number of carbonyl (C=O) groups excluding carboxylic acids is 1. The minimum Gasteiger partial charge on any atom is -0.454 e. The van der Waals surface area contributed by atoms with Gasteiger partial charge in [-0.3, -0.25) is 0 Å². The van der Waals surface area contributed by atoms with E-state index in [1.165, 1.54) is 0 Å². The standard InChI is InChI=1S/C10H10N2O2/c11-9-8(6-14-10(9)13)12-7-4-2-1-3-5-7/h1-5,12H,6,11H2. The maximum absolute atomic E-state index is 10.9. The number of benzene rings is 1. The Morgan fingerprint density at radius 1 is 1.29 bits per heavy atom. The van der Waals surface area contributed by atoms with E-state index in [0.29, 0.717) is 5.70 Å². The number of nitrogens with one attached hydrogen (secondary N) is 1. The molecular formula is C10H10N2O2. The molecule has 0 radical (unpaired) electrons. The number of hydrogen-bond acceptors (Lipinski definition) is 4. The summed E-state index contributed by atoms with van der Waals surface area (Å²) >= 11 is 0. The van der Waals surface area contributed by atoms with Gasteiger partial charge in [0.05, 0.1) is 5.70 Å². The third-order valence-electron chi connectivity index (χ3n) is 1.96. The summed E-state index contributed by atoms with van der Waals surface area (Å²) in [5.74, 6) is -0.455. The summed E-state index contributed by atoms with van der Waals surface area (Å²) in [5, 5.41) is 3.03. The lowest BCUT2D eigenvalue weighted by Crippen LogP contribution is -2.10. The highest BCUT2D eigenvalue weighted by Crippen LogP contribution is 2.15. The number of cyclic esters (lactones) is 1. The minimum atomic E-state index is -0.455. The summed E-state index contributed by atoms with van der Waals surface area (Å²) in [6, 6.07) is 9.50. The number of rotatable bonds is 2. The first-order valence-electron chi connectivity index (χ1n) is 4.25. The molecule has 0 aliphatic carbocycles. The first-order chi connectivity index (χ1) is 6.77. The zero-order chi connectivity index (χ0) is 9.97. The van der Waals surface area contributed by atoms with E-state index >= 15 is 0 Å². The fourth-order valence-corrected chi connectivity index (χ4v) is 1.22. The van der Waals surface area contributed by atoms with Gasteiger partial charge in [-0.05, 0) is 12.1 Å². The molecule has 14 heavy (non-hydrogen) atoms. The topological polar surface area (TPSA) is 64.3 Å². The van der Waals surface area contributed by atoms with Crippen molar-refractivity contribution in [2.24, 2.45) is 5.73 Å². The predicted octanol–water partition coefficient (Wildman–Crippen LogP) is 0.826. The fourth-order valence-electron chi connectivity index (χ4n) is 1.22. The molecule has 0 unspecified atom stereocenters. The van der Waals surface area contributed by atoms with Gasteiger partial charge in [0.2, 0.25) is 0 Å². The van der Waals surface area contributed by atoms with Gasteiger partial charge >= 0.3 is 5.97 Å². The van der Waals surface area contributed by atoms with Crippen molar-refractivity contribution >= 4 is 11.7 Å². The Morgan fingerprint density at radius 3 is 2.57 bits per heavy atom. The second-order valence-electron chi connectivity index (χ2n) is 2.96. The molecule has 1 aliphatic heterocycles. The largest absolute Gasteiger partial charge is 0.454 e. The summed E-state index contributed by atoms with van der Waals surface area (Å²) in [6.45, 7) is 0.222. The van der Waals surface area contributed by atoms with Gasteiger partial charge in [-0.15, -0.1) is 0 Å². The van der Waals surface area contributed by atoms with E-state index in [0.717, 1.165) is 5.69 Å². The quantitative estimate of drug-likeness (QED) is 0.678. The monoisotopic (exact) mass is 190 g/mol. The van der Waals surface area contributed by atoms with Gasteiger partial charge in [0.25, 0.3) is 0 Å². The molecule has 4 nitrogen and oxygen atoms in total. The van der Waals surface area contributed by atoms with Crippen molar-refractivity contribution in [3.8, 4) is 0 Å². The van der Waals surface area contributed by atoms with Crippen molar-refractivity contribution in [1.29, 1.82) is 0 Å². The molecule has 0 aromatic heterocycles. The van der Waals surface area contributed by atoms with Crippen molar-refractivity contribution in [3.63, 3.8) is 0 Å². The smallest absolute Gasteiger partial charge is 0.356 e. The van der Waals surface area contributed by atoms with E-state index in [-0.39, 0.29) is 12.3 Å². The van der Waals surface area contributed by atoms with Gasteiger partial charge < -0.3 is 15.8 Å². The van der Waals surface area contributed by atoms with Crippen LogP contribution >= 0.6 is 0 Å². The van der Waals surface area contributed by atoms with E-state index < -0.39 is 5.97 Å². The van der Waals surface area contributed by atoms with Crippen molar-refractivity contribution in [1.82, 2.24) is 0 Å². The maximum Gasteiger partial charge on any atom is 0.356 e. The van der Waals surface area contributed by atoms with E-state index in [1.54, 1.807) is 0 Å². The first kappa shape index (κ1) is 8.62. The number of anilines is 1. The molecule has 1 aromatic carbocycles. The molecular weight excluding hydrogens is 180 g/mol. The van der Waals surface area contributed by atoms with Crippen molar-refractivity contribution in [3.05, 3.63) is 41.7 Å². The second-order valence-corrected chi connectivity index (χ2v) is 2.96. The molecule has 0 saturated heterocycles. The van der Waals surface area contributed by atoms with Crippen LogP contribution in [0.15, 0.2) is 41.7 Å². The Morgan fingerprint density at radius 2 is 2.00 bits per heavy atom. The Labute approximate surface area is 81.4 Å². The van der Waals surface area contributed by atoms with E-state index in [2.05, 4.69) is 5.32 Å². The lowest BCUT2D eigenvalue weighted by atomic mass is 10.3. The SMILES string of the molecule is NC1=C(Nc2ccccc2)COC1=O.